The summed E-state index contributed by atoms with van der Waals surface area (Å²) in [6.07, 6.45) is 5.00. The minimum Gasteiger partial charge on any atom is -0.315 e. The van der Waals surface area contributed by atoms with E-state index in [9.17, 15) is 8.42 Å². The molecule has 1 spiro atoms. The molecular weight excluding hydrogens is 326 g/mol. The quantitative estimate of drug-likeness (QED) is 0.826. The van der Waals surface area contributed by atoms with Gasteiger partial charge in [0.15, 0.2) is 0 Å². The van der Waals surface area contributed by atoms with Crippen LogP contribution in [0.2, 0.25) is 0 Å². The Bertz CT molecular complexity index is 687. The van der Waals surface area contributed by atoms with Gasteiger partial charge >= 0.3 is 0 Å². The first-order valence-corrected chi connectivity index (χ1v) is 10.2. The molecule has 24 heavy (non-hydrogen) atoms. The van der Waals surface area contributed by atoms with E-state index in [4.69, 9.17) is 0 Å². The van der Waals surface area contributed by atoms with Gasteiger partial charge in [-0.2, -0.15) is 17.0 Å². The molecule has 7 nitrogen and oxygen atoms in total. The van der Waals surface area contributed by atoms with Crippen LogP contribution >= 0.6 is 0 Å². The molecule has 0 amide bonds. The third kappa shape index (κ3) is 3.11. The van der Waals surface area contributed by atoms with Crippen LogP contribution in [-0.4, -0.2) is 59.0 Å². The maximum absolute atomic E-state index is 12.3. The summed E-state index contributed by atoms with van der Waals surface area (Å²) in [6.45, 7) is 6.51. The smallest absolute Gasteiger partial charge is 0.281 e. The first kappa shape index (κ1) is 17.8. The number of hydrogen-bond donors (Lipinski definition) is 0. The van der Waals surface area contributed by atoms with Crippen LogP contribution in [0.1, 0.15) is 57.1 Å². The maximum atomic E-state index is 12.3. The summed E-state index contributed by atoms with van der Waals surface area (Å²) in [5.74, 6) is 2.56. The summed E-state index contributed by atoms with van der Waals surface area (Å²) in [5, 5.41) is 8.75. The van der Waals surface area contributed by atoms with Crippen LogP contribution in [0.5, 0.6) is 0 Å². The van der Waals surface area contributed by atoms with Crippen molar-refractivity contribution in [2.75, 3.05) is 27.2 Å². The third-order valence-corrected chi connectivity index (χ3v) is 7.63. The van der Waals surface area contributed by atoms with Gasteiger partial charge in [-0.15, -0.1) is 10.2 Å². The van der Waals surface area contributed by atoms with E-state index in [1.54, 1.807) is 18.4 Å². The number of nitrogens with zero attached hydrogens (tertiary/aromatic N) is 5. The second kappa shape index (κ2) is 6.38. The molecule has 2 aliphatic heterocycles. The second-order valence-electron chi connectivity index (χ2n) is 7.72. The highest BCUT2D eigenvalue weighted by molar-refractivity contribution is 7.86. The van der Waals surface area contributed by atoms with Crippen molar-refractivity contribution >= 4 is 10.2 Å². The molecule has 0 aromatic carbocycles. The molecule has 0 bridgehead atoms. The minimum absolute atomic E-state index is 0.243. The zero-order valence-electron chi connectivity index (χ0n) is 15.2. The Morgan fingerprint density at radius 3 is 2.25 bits per heavy atom. The van der Waals surface area contributed by atoms with Crippen LogP contribution < -0.4 is 0 Å². The average molecular weight is 356 g/mol. The molecule has 8 heteroatoms. The highest BCUT2D eigenvalue weighted by Gasteiger charge is 2.40. The summed E-state index contributed by atoms with van der Waals surface area (Å²) < 4.78 is 29.9. The van der Waals surface area contributed by atoms with Crippen molar-refractivity contribution in [2.24, 2.45) is 5.41 Å². The Balaban J connectivity index is 1.70. The number of aromatic nitrogens is 3. The molecule has 136 valence electrons. The summed E-state index contributed by atoms with van der Waals surface area (Å²) >= 11 is 0. The van der Waals surface area contributed by atoms with Gasteiger partial charge in [0.05, 0.1) is 0 Å². The largest absolute Gasteiger partial charge is 0.315 e. The molecule has 2 aliphatic rings. The number of piperidine rings is 1. The molecule has 0 aliphatic carbocycles. The summed E-state index contributed by atoms with van der Waals surface area (Å²) in [6, 6.07) is 0. The standard InChI is InChI=1S/C16H29N5O2S/c1-13(2)15-18-17-14-5-6-16(9-12-21(14)15)7-10-20(11-8-16)24(22,23)19(3)4/h13H,5-12H2,1-4H3. The lowest BCUT2D eigenvalue weighted by atomic mass is 9.73. The van der Waals surface area contributed by atoms with Gasteiger partial charge in [-0.1, -0.05) is 13.8 Å². The highest BCUT2D eigenvalue weighted by Crippen LogP contribution is 2.42. The Morgan fingerprint density at radius 2 is 1.67 bits per heavy atom. The maximum Gasteiger partial charge on any atom is 0.281 e. The van der Waals surface area contributed by atoms with Gasteiger partial charge in [-0.05, 0) is 31.1 Å². The SMILES string of the molecule is CC(C)c1nnc2n1CCC1(CC2)CCN(S(=O)(=O)N(C)C)CC1. The molecule has 0 atom stereocenters. The Morgan fingerprint density at radius 1 is 1.04 bits per heavy atom. The average Bonchev–Trinajstić information content (AvgIpc) is 2.87. The fourth-order valence-corrected chi connectivity index (χ4v) is 5.08. The van der Waals surface area contributed by atoms with E-state index in [1.807, 2.05) is 0 Å². The Kier molecular flexibility index (Phi) is 4.74. The van der Waals surface area contributed by atoms with E-state index in [-0.39, 0.29) is 5.41 Å². The van der Waals surface area contributed by atoms with Gasteiger partial charge in [0.2, 0.25) is 0 Å². The van der Waals surface area contributed by atoms with Crippen LogP contribution in [0.4, 0.5) is 0 Å². The van der Waals surface area contributed by atoms with Gasteiger partial charge in [-0.25, -0.2) is 0 Å². The third-order valence-electron chi connectivity index (χ3n) is 5.69. The van der Waals surface area contributed by atoms with Crippen molar-refractivity contribution in [3.05, 3.63) is 11.6 Å². The van der Waals surface area contributed by atoms with Gasteiger partial charge in [0, 0.05) is 46.1 Å². The van der Waals surface area contributed by atoms with Crippen LogP contribution in [0.25, 0.3) is 0 Å². The predicted octanol–water partition coefficient (Wildman–Crippen LogP) is 1.63. The van der Waals surface area contributed by atoms with E-state index >= 15 is 0 Å². The topological polar surface area (TPSA) is 71.3 Å². The van der Waals surface area contributed by atoms with Crippen molar-refractivity contribution in [1.29, 1.82) is 0 Å². The molecule has 0 saturated carbocycles. The molecule has 1 aromatic rings. The first-order valence-electron chi connectivity index (χ1n) is 8.85. The monoisotopic (exact) mass is 355 g/mol. The zero-order valence-corrected chi connectivity index (χ0v) is 16.0. The Labute approximate surface area is 145 Å². The van der Waals surface area contributed by atoms with E-state index in [0.29, 0.717) is 19.0 Å². The van der Waals surface area contributed by atoms with Gasteiger partial charge in [-0.3, -0.25) is 0 Å². The van der Waals surface area contributed by atoms with E-state index in [1.165, 1.54) is 4.31 Å². The lowest BCUT2D eigenvalue weighted by molar-refractivity contribution is 0.126. The van der Waals surface area contributed by atoms with Crippen molar-refractivity contribution in [1.82, 2.24) is 23.4 Å². The minimum atomic E-state index is -3.29. The molecule has 3 rings (SSSR count). The van der Waals surface area contributed by atoms with Gasteiger partial charge in [0.1, 0.15) is 11.6 Å². The first-order chi connectivity index (χ1) is 11.3. The van der Waals surface area contributed by atoms with Gasteiger partial charge < -0.3 is 4.57 Å². The predicted molar refractivity (Wildman–Crippen MR) is 92.9 cm³/mol. The van der Waals surface area contributed by atoms with Crippen molar-refractivity contribution in [2.45, 2.75) is 58.4 Å². The molecule has 0 N–H and O–H groups in total. The van der Waals surface area contributed by atoms with E-state index in [2.05, 4.69) is 28.6 Å². The normalized spacial score (nSPS) is 22.1. The Hall–Kier alpha value is -0.990. The van der Waals surface area contributed by atoms with Crippen LogP contribution in [0, 0.1) is 5.41 Å². The molecule has 3 heterocycles. The van der Waals surface area contributed by atoms with E-state index < -0.39 is 10.2 Å². The molecule has 0 radical (unpaired) electrons. The number of fused-ring (bicyclic) bond motifs is 1. The van der Waals surface area contributed by atoms with Crippen LogP contribution in [0.15, 0.2) is 0 Å². The van der Waals surface area contributed by atoms with Crippen molar-refractivity contribution in [3.8, 4) is 0 Å². The lowest BCUT2D eigenvalue weighted by Gasteiger charge is -2.41. The fourth-order valence-electron chi connectivity index (χ4n) is 3.98. The van der Waals surface area contributed by atoms with Crippen LogP contribution in [-0.2, 0) is 23.2 Å². The molecule has 1 aromatic heterocycles. The second-order valence-corrected chi connectivity index (χ2v) is 9.86. The summed E-state index contributed by atoms with van der Waals surface area (Å²) in [7, 11) is -0.0822. The number of rotatable bonds is 3. The molecule has 0 unspecified atom stereocenters. The van der Waals surface area contributed by atoms with Gasteiger partial charge in [0.25, 0.3) is 10.2 Å². The number of hydrogen-bond acceptors (Lipinski definition) is 4. The molecule has 1 saturated heterocycles. The zero-order chi connectivity index (χ0) is 17.5. The molecule has 1 fully saturated rings. The highest BCUT2D eigenvalue weighted by atomic mass is 32.2. The fraction of sp³-hybridized carbons (Fsp3) is 0.875. The summed E-state index contributed by atoms with van der Waals surface area (Å²) in [5.41, 5.74) is 0.243. The van der Waals surface area contributed by atoms with Crippen molar-refractivity contribution in [3.63, 3.8) is 0 Å². The lowest BCUT2D eigenvalue weighted by Crippen LogP contribution is -2.47. The number of aryl methyl sites for hydroxylation is 1. The van der Waals surface area contributed by atoms with E-state index in [0.717, 1.165) is 50.3 Å². The van der Waals surface area contributed by atoms with Crippen molar-refractivity contribution < 1.29 is 8.42 Å². The molecular formula is C16H29N5O2S. The van der Waals surface area contributed by atoms with Crippen LogP contribution in [0.3, 0.4) is 0 Å². The summed E-state index contributed by atoms with van der Waals surface area (Å²) in [4.78, 5) is 0.